The number of nitrogens with one attached hydrogen (secondary N) is 2. The van der Waals surface area contributed by atoms with Gasteiger partial charge in [0.05, 0.1) is 5.69 Å². The van der Waals surface area contributed by atoms with Crippen molar-refractivity contribution in [2.24, 2.45) is 0 Å². The minimum Gasteiger partial charge on any atom is -0.378 e. The van der Waals surface area contributed by atoms with Gasteiger partial charge in [0, 0.05) is 26.3 Å². The van der Waals surface area contributed by atoms with Crippen molar-refractivity contribution in [3.8, 4) is 0 Å². The normalized spacial score (nSPS) is 10.2. The van der Waals surface area contributed by atoms with Crippen molar-refractivity contribution in [2.45, 2.75) is 6.54 Å². The molecule has 0 saturated carbocycles. The molecule has 0 aliphatic rings. The number of hydrogen-bond acceptors (Lipinski definition) is 3. The van der Waals surface area contributed by atoms with E-state index in [1.165, 1.54) is 12.1 Å². The Morgan fingerprint density at radius 3 is 2.29 bits per heavy atom. The smallest absolute Gasteiger partial charge is 0.313 e. The number of benzene rings is 2. The quantitative estimate of drug-likeness (QED) is 0.844. The molecule has 2 N–H and O–H groups in total. The molecule has 0 atom stereocenters. The van der Waals surface area contributed by atoms with E-state index in [-0.39, 0.29) is 12.2 Å². The van der Waals surface area contributed by atoms with E-state index >= 15 is 0 Å². The monoisotopic (exact) mass is 333 g/mol. The molecule has 0 saturated heterocycles. The van der Waals surface area contributed by atoms with Crippen LogP contribution in [0.5, 0.6) is 0 Å². The maximum Gasteiger partial charge on any atom is 0.313 e. The van der Waals surface area contributed by atoms with Gasteiger partial charge in [-0.15, -0.1) is 0 Å². The molecule has 2 aromatic carbocycles. The van der Waals surface area contributed by atoms with Gasteiger partial charge in [-0.25, -0.2) is 8.78 Å². The number of rotatable bonds is 4. The Morgan fingerprint density at radius 2 is 1.67 bits per heavy atom. The molecule has 126 valence electrons. The van der Waals surface area contributed by atoms with Gasteiger partial charge >= 0.3 is 11.8 Å². The molecule has 0 radical (unpaired) electrons. The van der Waals surface area contributed by atoms with E-state index in [0.29, 0.717) is 0 Å². The fourth-order valence-electron chi connectivity index (χ4n) is 1.95. The van der Waals surface area contributed by atoms with E-state index in [2.05, 4.69) is 5.32 Å². The lowest BCUT2D eigenvalue weighted by Crippen LogP contribution is -2.35. The Kier molecular flexibility index (Phi) is 5.47. The van der Waals surface area contributed by atoms with Crippen LogP contribution in [0.25, 0.3) is 0 Å². The van der Waals surface area contributed by atoms with Crippen LogP contribution in [0, 0.1) is 11.6 Å². The first kappa shape index (κ1) is 17.4. The summed E-state index contributed by atoms with van der Waals surface area (Å²) in [6.07, 6.45) is 0. The lowest BCUT2D eigenvalue weighted by molar-refractivity contribution is -0.136. The number of halogens is 2. The lowest BCUT2D eigenvalue weighted by Gasteiger charge is -2.13. The van der Waals surface area contributed by atoms with Crippen molar-refractivity contribution in [2.75, 3.05) is 24.3 Å². The third-order valence-electron chi connectivity index (χ3n) is 3.31. The highest BCUT2D eigenvalue weighted by Gasteiger charge is 2.16. The first-order chi connectivity index (χ1) is 11.4. The largest absolute Gasteiger partial charge is 0.378 e. The average molecular weight is 333 g/mol. The zero-order valence-electron chi connectivity index (χ0n) is 13.3. The fourth-order valence-corrected chi connectivity index (χ4v) is 1.95. The Hall–Kier alpha value is -2.96. The SMILES string of the molecule is CN(C)c1ccc(CNC(=O)C(=O)Nc2cccc(F)c2F)cc1. The highest BCUT2D eigenvalue weighted by molar-refractivity contribution is 6.39. The number of nitrogens with zero attached hydrogens (tertiary/aromatic N) is 1. The fraction of sp³-hybridized carbons (Fsp3) is 0.176. The maximum atomic E-state index is 13.5. The summed E-state index contributed by atoms with van der Waals surface area (Å²) in [5.41, 5.74) is 1.42. The molecule has 2 rings (SSSR count). The Morgan fingerprint density at radius 1 is 1.00 bits per heavy atom. The van der Waals surface area contributed by atoms with Crippen LogP contribution < -0.4 is 15.5 Å². The molecular formula is C17H17F2N3O2. The summed E-state index contributed by atoms with van der Waals surface area (Å²) >= 11 is 0. The first-order valence-corrected chi connectivity index (χ1v) is 7.18. The average Bonchev–Trinajstić information content (AvgIpc) is 2.57. The standard InChI is InChI=1S/C17H17F2N3O2/c1-22(2)12-8-6-11(7-9-12)10-20-16(23)17(24)21-14-5-3-4-13(18)15(14)19/h3-9H,10H2,1-2H3,(H,20,23)(H,21,24). The number of amides is 2. The van der Waals surface area contributed by atoms with Gasteiger partial charge in [-0.3, -0.25) is 9.59 Å². The summed E-state index contributed by atoms with van der Waals surface area (Å²) in [5, 5.41) is 4.46. The molecule has 0 unspecified atom stereocenters. The summed E-state index contributed by atoms with van der Waals surface area (Å²) in [6, 6.07) is 10.7. The summed E-state index contributed by atoms with van der Waals surface area (Å²) in [5.74, 6) is -4.31. The molecule has 2 aromatic rings. The van der Waals surface area contributed by atoms with Crippen molar-refractivity contribution < 1.29 is 18.4 Å². The van der Waals surface area contributed by atoms with Gasteiger partial charge in [-0.1, -0.05) is 18.2 Å². The third kappa shape index (κ3) is 4.28. The molecule has 0 heterocycles. The van der Waals surface area contributed by atoms with Crippen molar-refractivity contribution in [1.29, 1.82) is 0 Å². The number of carbonyl (C=O) groups excluding carboxylic acids is 2. The number of hydrogen-bond donors (Lipinski definition) is 2. The van der Waals surface area contributed by atoms with Crippen LogP contribution in [0.15, 0.2) is 42.5 Å². The molecule has 0 aliphatic carbocycles. The van der Waals surface area contributed by atoms with Crippen LogP contribution >= 0.6 is 0 Å². The maximum absolute atomic E-state index is 13.5. The molecule has 24 heavy (non-hydrogen) atoms. The predicted octanol–water partition coefficient (Wildman–Crippen LogP) is 2.29. The van der Waals surface area contributed by atoms with Crippen LogP contribution in [0.3, 0.4) is 0 Å². The Labute approximate surface area is 138 Å². The molecule has 0 bridgehead atoms. The van der Waals surface area contributed by atoms with Gasteiger partial charge < -0.3 is 15.5 Å². The zero-order chi connectivity index (χ0) is 17.7. The number of carbonyl (C=O) groups is 2. The van der Waals surface area contributed by atoms with Crippen molar-refractivity contribution in [3.05, 3.63) is 59.7 Å². The van der Waals surface area contributed by atoms with Gasteiger partial charge in [0.15, 0.2) is 11.6 Å². The van der Waals surface area contributed by atoms with Crippen LogP contribution in [0.4, 0.5) is 20.2 Å². The van der Waals surface area contributed by atoms with Crippen LogP contribution in [0.1, 0.15) is 5.56 Å². The van der Waals surface area contributed by atoms with Gasteiger partial charge in [0.25, 0.3) is 0 Å². The zero-order valence-corrected chi connectivity index (χ0v) is 13.3. The summed E-state index contributed by atoms with van der Waals surface area (Å²) in [7, 11) is 3.82. The van der Waals surface area contributed by atoms with E-state index in [9.17, 15) is 18.4 Å². The molecular weight excluding hydrogens is 316 g/mol. The molecule has 0 aliphatic heterocycles. The van der Waals surface area contributed by atoms with Crippen molar-refractivity contribution in [1.82, 2.24) is 5.32 Å². The van der Waals surface area contributed by atoms with Gasteiger partial charge in [-0.05, 0) is 29.8 Å². The van der Waals surface area contributed by atoms with Gasteiger partial charge in [-0.2, -0.15) is 0 Å². The second kappa shape index (κ2) is 7.54. The minimum atomic E-state index is -1.21. The molecule has 0 fully saturated rings. The van der Waals surface area contributed by atoms with Crippen LogP contribution in [0.2, 0.25) is 0 Å². The second-order valence-electron chi connectivity index (χ2n) is 5.30. The predicted molar refractivity (Wildman–Crippen MR) is 87.6 cm³/mol. The molecule has 7 heteroatoms. The van der Waals surface area contributed by atoms with E-state index < -0.39 is 23.4 Å². The van der Waals surface area contributed by atoms with Gasteiger partial charge in [0.1, 0.15) is 0 Å². The van der Waals surface area contributed by atoms with Gasteiger partial charge in [0.2, 0.25) is 0 Å². The molecule has 0 aromatic heterocycles. The van der Waals surface area contributed by atoms with E-state index in [0.717, 1.165) is 17.3 Å². The minimum absolute atomic E-state index is 0.144. The van der Waals surface area contributed by atoms with Crippen LogP contribution in [-0.4, -0.2) is 25.9 Å². The van der Waals surface area contributed by atoms with Crippen molar-refractivity contribution in [3.63, 3.8) is 0 Å². The summed E-state index contributed by atoms with van der Waals surface area (Å²) < 4.78 is 26.5. The van der Waals surface area contributed by atoms with E-state index in [1.54, 1.807) is 0 Å². The van der Waals surface area contributed by atoms with E-state index in [4.69, 9.17) is 0 Å². The second-order valence-corrected chi connectivity index (χ2v) is 5.30. The Bertz CT molecular complexity index is 746. The highest BCUT2D eigenvalue weighted by Crippen LogP contribution is 2.16. The third-order valence-corrected chi connectivity index (χ3v) is 3.31. The molecule has 2 amide bonds. The Balaban J connectivity index is 1.92. The highest BCUT2D eigenvalue weighted by atomic mass is 19.2. The lowest BCUT2D eigenvalue weighted by atomic mass is 10.2. The van der Waals surface area contributed by atoms with Crippen LogP contribution in [-0.2, 0) is 16.1 Å². The van der Waals surface area contributed by atoms with Crippen molar-refractivity contribution >= 4 is 23.2 Å². The molecule has 0 spiro atoms. The summed E-state index contributed by atoms with van der Waals surface area (Å²) in [4.78, 5) is 25.4. The topological polar surface area (TPSA) is 61.4 Å². The van der Waals surface area contributed by atoms with E-state index in [1.807, 2.05) is 48.6 Å². The molecule has 5 nitrogen and oxygen atoms in total. The first-order valence-electron chi connectivity index (χ1n) is 7.18. The summed E-state index contributed by atoms with van der Waals surface area (Å²) in [6.45, 7) is 0.144. The number of anilines is 2.